The third kappa shape index (κ3) is 2.88. The van der Waals surface area contributed by atoms with Crippen LogP contribution in [-0.4, -0.2) is 5.11 Å². The van der Waals surface area contributed by atoms with E-state index in [1.165, 1.54) is 6.07 Å². The van der Waals surface area contributed by atoms with E-state index in [1.807, 2.05) is 32.9 Å². The summed E-state index contributed by atoms with van der Waals surface area (Å²) in [4.78, 5) is 0. The zero-order valence-corrected chi connectivity index (χ0v) is 11.9. The van der Waals surface area contributed by atoms with Gasteiger partial charge in [-0.3, -0.25) is 0 Å². The molecule has 106 valence electrons. The van der Waals surface area contributed by atoms with E-state index in [-0.39, 0.29) is 12.0 Å². The standard InChI is InChI=1S/C17H18F2O/c1-10-7-11(2)13(12(3)8-10)9-16(20)17-14(18)5-4-6-15(17)19/h4-8,16,20H,9H2,1-3H3. The third-order valence-electron chi connectivity index (χ3n) is 3.57. The molecule has 0 radical (unpaired) electrons. The zero-order chi connectivity index (χ0) is 14.9. The summed E-state index contributed by atoms with van der Waals surface area (Å²) in [5.41, 5.74) is 3.87. The smallest absolute Gasteiger partial charge is 0.131 e. The van der Waals surface area contributed by atoms with Crippen LogP contribution in [0.15, 0.2) is 30.3 Å². The van der Waals surface area contributed by atoms with Crippen LogP contribution in [-0.2, 0) is 6.42 Å². The molecular weight excluding hydrogens is 258 g/mol. The number of hydrogen-bond acceptors (Lipinski definition) is 1. The normalized spacial score (nSPS) is 12.5. The van der Waals surface area contributed by atoms with Crippen LogP contribution in [0.5, 0.6) is 0 Å². The number of hydrogen-bond donors (Lipinski definition) is 1. The van der Waals surface area contributed by atoms with Gasteiger partial charge in [-0.1, -0.05) is 23.8 Å². The second-order valence-corrected chi connectivity index (χ2v) is 5.23. The van der Waals surface area contributed by atoms with Crippen LogP contribution in [0.1, 0.15) is 33.9 Å². The zero-order valence-electron chi connectivity index (χ0n) is 11.9. The minimum Gasteiger partial charge on any atom is -0.388 e. The summed E-state index contributed by atoms with van der Waals surface area (Å²) >= 11 is 0. The third-order valence-corrected chi connectivity index (χ3v) is 3.57. The van der Waals surface area contributed by atoms with E-state index >= 15 is 0 Å². The van der Waals surface area contributed by atoms with Crippen molar-refractivity contribution >= 4 is 0 Å². The van der Waals surface area contributed by atoms with Gasteiger partial charge in [0.2, 0.25) is 0 Å². The molecule has 0 saturated carbocycles. The molecule has 0 aliphatic heterocycles. The molecule has 3 heteroatoms. The largest absolute Gasteiger partial charge is 0.388 e. The van der Waals surface area contributed by atoms with Crippen LogP contribution in [0.2, 0.25) is 0 Å². The van der Waals surface area contributed by atoms with Crippen LogP contribution >= 0.6 is 0 Å². The molecule has 1 N–H and O–H groups in total. The highest BCUT2D eigenvalue weighted by molar-refractivity contribution is 5.38. The number of aryl methyl sites for hydroxylation is 3. The monoisotopic (exact) mass is 276 g/mol. The molecule has 0 amide bonds. The van der Waals surface area contributed by atoms with E-state index in [9.17, 15) is 13.9 Å². The Kier molecular flexibility index (Phi) is 4.19. The molecule has 1 atom stereocenters. The lowest BCUT2D eigenvalue weighted by atomic mass is 9.92. The van der Waals surface area contributed by atoms with Gasteiger partial charge in [0.1, 0.15) is 11.6 Å². The van der Waals surface area contributed by atoms with Crippen molar-refractivity contribution in [1.29, 1.82) is 0 Å². The topological polar surface area (TPSA) is 20.2 Å². The Bertz CT molecular complexity index is 592. The van der Waals surface area contributed by atoms with E-state index in [0.717, 1.165) is 34.4 Å². The lowest BCUT2D eigenvalue weighted by Crippen LogP contribution is -2.09. The SMILES string of the molecule is Cc1cc(C)c(CC(O)c2c(F)cccc2F)c(C)c1. The average Bonchev–Trinajstić information content (AvgIpc) is 2.33. The van der Waals surface area contributed by atoms with Gasteiger partial charge in [0, 0.05) is 6.42 Å². The van der Waals surface area contributed by atoms with Gasteiger partial charge in [-0.2, -0.15) is 0 Å². The Morgan fingerprint density at radius 3 is 2.00 bits per heavy atom. The molecule has 0 aromatic heterocycles. The predicted molar refractivity (Wildman–Crippen MR) is 75.7 cm³/mol. The molecule has 1 nitrogen and oxygen atoms in total. The average molecular weight is 276 g/mol. The van der Waals surface area contributed by atoms with Crippen LogP contribution in [0.25, 0.3) is 0 Å². The number of benzene rings is 2. The van der Waals surface area contributed by atoms with Gasteiger partial charge in [-0.15, -0.1) is 0 Å². The van der Waals surface area contributed by atoms with Crippen LogP contribution in [0, 0.1) is 32.4 Å². The molecule has 0 fully saturated rings. The van der Waals surface area contributed by atoms with Gasteiger partial charge in [0.25, 0.3) is 0 Å². The highest BCUT2D eigenvalue weighted by Crippen LogP contribution is 2.27. The molecule has 0 heterocycles. The number of aliphatic hydroxyl groups is 1. The summed E-state index contributed by atoms with van der Waals surface area (Å²) in [6.07, 6.45) is -0.980. The maximum atomic E-state index is 13.7. The quantitative estimate of drug-likeness (QED) is 0.892. The predicted octanol–water partition coefficient (Wildman–Crippen LogP) is 4.17. The van der Waals surface area contributed by atoms with Gasteiger partial charge in [-0.25, -0.2) is 8.78 Å². The van der Waals surface area contributed by atoms with Crippen molar-refractivity contribution in [2.45, 2.75) is 33.3 Å². The first kappa shape index (κ1) is 14.7. The van der Waals surface area contributed by atoms with Gasteiger partial charge >= 0.3 is 0 Å². The van der Waals surface area contributed by atoms with Crippen LogP contribution in [0.3, 0.4) is 0 Å². The lowest BCUT2D eigenvalue weighted by Gasteiger charge is -2.17. The first-order valence-corrected chi connectivity index (χ1v) is 6.59. The molecule has 20 heavy (non-hydrogen) atoms. The summed E-state index contributed by atoms with van der Waals surface area (Å²) in [5, 5.41) is 10.2. The maximum Gasteiger partial charge on any atom is 0.131 e. The summed E-state index contributed by atoms with van der Waals surface area (Å²) in [6, 6.07) is 7.63. The van der Waals surface area contributed by atoms with Crippen molar-refractivity contribution in [3.8, 4) is 0 Å². The highest BCUT2D eigenvalue weighted by atomic mass is 19.1. The van der Waals surface area contributed by atoms with Gasteiger partial charge < -0.3 is 5.11 Å². The molecular formula is C17H18F2O. The first-order valence-electron chi connectivity index (χ1n) is 6.59. The Labute approximate surface area is 117 Å². The van der Waals surface area contributed by atoms with Gasteiger partial charge in [0.05, 0.1) is 11.7 Å². The van der Waals surface area contributed by atoms with Crippen LogP contribution in [0.4, 0.5) is 8.78 Å². The number of halogens is 2. The summed E-state index contributed by atoms with van der Waals surface area (Å²) in [7, 11) is 0. The highest BCUT2D eigenvalue weighted by Gasteiger charge is 2.19. The summed E-state index contributed by atoms with van der Waals surface area (Å²) in [5.74, 6) is -1.42. The first-order chi connectivity index (χ1) is 9.40. The van der Waals surface area contributed by atoms with Crippen LogP contribution < -0.4 is 0 Å². The molecule has 0 aliphatic rings. The van der Waals surface area contributed by atoms with Crippen molar-refractivity contribution < 1.29 is 13.9 Å². The maximum absolute atomic E-state index is 13.7. The molecule has 0 bridgehead atoms. The van der Waals surface area contributed by atoms with Gasteiger partial charge in [-0.05, 0) is 49.6 Å². The fraction of sp³-hybridized carbons (Fsp3) is 0.294. The fourth-order valence-electron chi connectivity index (χ4n) is 2.66. The Morgan fingerprint density at radius 1 is 1.00 bits per heavy atom. The van der Waals surface area contributed by atoms with E-state index in [2.05, 4.69) is 0 Å². The molecule has 0 spiro atoms. The molecule has 2 rings (SSSR count). The molecule has 0 aliphatic carbocycles. The minimum absolute atomic E-state index is 0.204. The molecule has 2 aromatic carbocycles. The minimum atomic E-state index is -1.18. The van der Waals surface area contributed by atoms with Crippen molar-refractivity contribution in [1.82, 2.24) is 0 Å². The van der Waals surface area contributed by atoms with Crippen molar-refractivity contribution in [3.05, 3.63) is 69.8 Å². The van der Waals surface area contributed by atoms with Crippen molar-refractivity contribution in [3.63, 3.8) is 0 Å². The van der Waals surface area contributed by atoms with E-state index in [0.29, 0.717) is 0 Å². The Hall–Kier alpha value is -1.74. The van der Waals surface area contributed by atoms with E-state index < -0.39 is 17.7 Å². The summed E-state index contributed by atoms with van der Waals surface area (Å²) in [6.45, 7) is 5.89. The Morgan fingerprint density at radius 2 is 1.50 bits per heavy atom. The summed E-state index contributed by atoms with van der Waals surface area (Å²) < 4.78 is 27.3. The lowest BCUT2D eigenvalue weighted by molar-refractivity contribution is 0.168. The fourth-order valence-corrected chi connectivity index (χ4v) is 2.66. The van der Waals surface area contributed by atoms with E-state index in [1.54, 1.807) is 0 Å². The number of aliphatic hydroxyl groups excluding tert-OH is 1. The Balaban J connectivity index is 2.35. The van der Waals surface area contributed by atoms with Gasteiger partial charge in [0.15, 0.2) is 0 Å². The molecule has 1 unspecified atom stereocenters. The molecule has 0 saturated heterocycles. The van der Waals surface area contributed by atoms with Crippen molar-refractivity contribution in [2.75, 3.05) is 0 Å². The molecule has 2 aromatic rings. The van der Waals surface area contributed by atoms with E-state index in [4.69, 9.17) is 0 Å². The van der Waals surface area contributed by atoms with Crippen molar-refractivity contribution in [2.24, 2.45) is 0 Å². The second kappa shape index (κ2) is 5.71. The number of rotatable bonds is 3. The second-order valence-electron chi connectivity index (χ2n) is 5.23.